The van der Waals surface area contributed by atoms with Crippen LogP contribution >= 0.6 is 11.6 Å². The van der Waals surface area contributed by atoms with Crippen LogP contribution in [0.25, 0.3) is 0 Å². The maximum Gasteiger partial charge on any atom is 0.265 e. The molecule has 37 heavy (non-hydrogen) atoms. The van der Waals surface area contributed by atoms with E-state index in [4.69, 9.17) is 25.8 Å². The van der Waals surface area contributed by atoms with Crippen LogP contribution in [-0.4, -0.2) is 42.2 Å². The van der Waals surface area contributed by atoms with E-state index in [2.05, 4.69) is 5.32 Å². The van der Waals surface area contributed by atoms with Gasteiger partial charge in [-0.2, -0.15) is 0 Å². The number of hydrogen-bond donors (Lipinski definition) is 1. The number of amides is 1. The predicted molar refractivity (Wildman–Crippen MR) is 144 cm³/mol. The Morgan fingerprint density at radius 1 is 0.919 bits per heavy atom. The fourth-order valence-corrected chi connectivity index (χ4v) is 5.46. The normalized spacial score (nSPS) is 11.9. The molecule has 0 saturated heterocycles. The largest absolute Gasteiger partial charge is 0.495 e. The Labute approximate surface area is 223 Å². The van der Waals surface area contributed by atoms with Crippen LogP contribution in [0.5, 0.6) is 17.2 Å². The zero-order valence-electron chi connectivity index (χ0n) is 21.4. The zero-order valence-corrected chi connectivity index (χ0v) is 23.0. The molecule has 10 heteroatoms. The maximum absolute atomic E-state index is 13.9. The lowest BCUT2D eigenvalue weighted by Crippen LogP contribution is -2.42. The minimum atomic E-state index is -4.27. The molecular weight excluding hydrogens is 516 g/mol. The van der Waals surface area contributed by atoms with Gasteiger partial charge in [0.1, 0.15) is 12.3 Å². The second-order valence-electron chi connectivity index (χ2n) is 8.28. The molecule has 0 radical (unpaired) electrons. The van der Waals surface area contributed by atoms with Gasteiger partial charge in [-0.3, -0.25) is 9.10 Å². The molecule has 1 amide bonds. The van der Waals surface area contributed by atoms with E-state index in [1.54, 1.807) is 12.1 Å². The van der Waals surface area contributed by atoms with Crippen LogP contribution in [-0.2, 0) is 14.8 Å². The van der Waals surface area contributed by atoms with Crippen molar-refractivity contribution in [3.05, 3.63) is 76.8 Å². The lowest BCUT2D eigenvalue weighted by molar-refractivity contribution is -0.120. The number of anilines is 1. The molecular formula is C27H31ClN2O6S. The van der Waals surface area contributed by atoms with Crippen LogP contribution in [0, 0.1) is 6.92 Å². The van der Waals surface area contributed by atoms with Gasteiger partial charge in [0, 0.05) is 11.1 Å². The Kier molecular flexibility index (Phi) is 9.29. The van der Waals surface area contributed by atoms with Gasteiger partial charge in [-0.05, 0) is 49.2 Å². The van der Waals surface area contributed by atoms with E-state index in [9.17, 15) is 13.2 Å². The van der Waals surface area contributed by atoms with Gasteiger partial charge in [0.05, 0.1) is 38.0 Å². The van der Waals surface area contributed by atoms with Crippen LogP contribution in [0.1, 0.15) is 30.5 Å². The van der Waals surface area contributed by atoms with Crippen LogP contribution < -0.4 is 23.8 Å². The summed E-state index contributed by atoms with van der Waals surface area (Å²) in [5, 5.41) is 3.24. The van der Waals surface area contributed by atoms with Crippen molar-refractivity contribution in [1.82, 2.24) is 5.32 Å². The first kappa shape index (κ1) is 28.1. The van der Waals surface area contributed by atoms with Crippen LogP contribution in [0.3, 0.4) is 0 Å². The molecule has 1 N–H and O–H groups in total. The van der Waals surface area contributed by atoms with E-state index >= 15 is 0 Å². The number of carbonyl (C=O) groups is 1. The summed E-state index contributed by atoms with van der Waals surface area (Å²) >= 11 is 6.22. The molecule has 0 unspecified atom stereocenters. The Hall–Kier alpha value is -3.43. The number of hydrogen-bond acceptors (Lipinski definition) is 6. The molecule has 3 aromatic rings. The van der Waals surface area contributed by atoms with E-state index in [1.165, 1.54) is 45.6 Å². The Balaban J connectivity index is 2.04. The molecule has 0 aliphatic carbocycles. The molecule has 0 aliphatic heterocycles. The van der Waals surface area contributed by atoms with Gasteiger partial charge in [0.2, 0.25) is 5.91 Å². The highest BCUT2D eigenvalue weighted by molar-refractivity contribution is 7.92. The first-order valence-corrected chi connectivity index (χ1v) is 13.4. The summed E-state index contributed by atoms with van der Waals surface area (Å²) in [4.78, 5) is 13.2. The van der Waals surface area contributed by atoms with Crippen molar-refractivity contribution in [2.24, 2.45) is 0 Å². The fraction of sp³-hybridized carbons (Fsp3) is 0.296. The van der Waals surface area contributed by atoms with Crippen molar-refractivity contribution in [2.45, 2.75) is 31.2 Å². The molecule has 0 bridgehead atoms. The minimum absolute atomic E-state index is 0.0921. The number of carbonyl (C=O) groups excluding carboxylic acids is 1. The summed E-state index contributed by atoms with van der Waals surface area (Å²) in [5.74, 6) is 0.358. The third-order valence-corrected chi connectivity index (χ3v) is 7.85. The van der Waals surface area contributed by atoms with E-state index in [0.29, 0.717) is 12.2 Å². The quantitative estimate of drug-likeness (QED) is 0.358. The second kappa shape index (κ2) is 12.2. The number of nitrogens with zero attached hydrogens (tertiary/aromatic N) is 1. The van der Waals surface area contributed by atoms with Gasteiger partial charge in [0.25, 0.3) is 10.0 Å². The highest BCUT2D eigenvalue weighted by Gasteiger charge is 2.31. The maximum atomic E-state index is 13.9. The molecule has 0 fully saturated rings. The number of sulfonamides is 1. The molecule has 3 aromatic carbocycles. The van der Waals surface area contributed by atoms with E-state index in [0.717, 1.165) is 15.4 Å². The smallest absolute Gasteiger partial charge is 0.265 e. The molecule has 0 saturated carbocycles. The number of benzene rings is 3. The average Bonchev–Trinajstić information content (AvgIpc) is 2.90. The lowest BCUT2D eigenvalue weighted by Gasteiger charge is -2.27. The fourth-order valence-electron chi connectivity index (χ4n) is 3.85. The molecule has 1 atom stereocenters. The van der Waals surface area contributed by atoms with E-state index in [1.807, 2.05) is 38.1 Å². The Morgan fingerprint density at radius 3 is 2.14 bits per heavy atom. The third-order valence-electron chi connectivity index (χ3n) is 5.86. The van der Waals surface area contributed by atoms with E-state index < -0.39 is 22.5 Å². The van der Waals surface area contributed by atoms with Crippen LogP contribution in [0.2, 0.25) is 5.02 Å². The van der Waals surface area contributed by atoms with Gasteiger partial charge in [-0.25, -0.2) is 8.42 Å². The van der Waals surface area contributed by atoms with Gasteiger partial charge < -0.3 is 19.5 Å². The van der Waals surface area contributed by atoms with Gasteiger partial charge >= 0.3 is 0 Å². The molecule has 0 heterocycles. The van der Waals surface area contributed by atoms with Crippen LogP contribution in [0.4, 0.5) is 5.69 Å². The highest BCUT2D eigenvalue weighted by Crippen LogP contribution is 2.37. The molecule has 0 spiro atoms. The highest BCUT2D eigenvalue weighted by atomic mass is 35.5. The molecule has 0 aliphatic rings. The van der Waals surface area contributed by atoms with Crippen molar-refractivity contribution < 1.29 is 27.4 Å². The molecule has 198 valence electrons. The summed E-state index contributed by atoms with van der Waals surface area (Å²) in [6.07, 6.45) is 0.623. The Bertz CT molecular complexity index is 1350. The zero-order chi connectivity index (χ0) is 27.2. The number of nitrogens with one attached hydrogen (secondary N) is 1. The number of halogens is 1. The first-order chi connectivity index (χ1) is 17.6. The van der Waals surface area contributed by atoms with Crippen molar-refractivity contribution in [1.29, 1.82) is 0 Å². The van der Waals surface area contributed by atoms with E-state index in [-0.39, 0.29) is 33.1 Å². The number of methoxy groups -OCH3 is 3. The van der Waals surface area contributed by atoms with Crippen LogP contribution in [0.15, 0.2) is 65.6 Å². The second-order valence-corrected chi connectivity index (χ2v) is 10.6. The van der Waals surface area contributed by atoms with Crippen molar-refractivity contribution in [3.8, 4) is 17.2 Å². The van der Waals surface area contributed by atoms with Crippen molar-refractivity contribution >= 4 is 33.2 Å². The third kappa shape index (κ3) is 6.47. The van der Waals surface area contributed by atoms with Crippen molar-refractivity contribution in [2.75, 3.05) is 32.2 Å². The number of rotatable bonds is 11. The predicted octanol–water partition coefficient (Wildman–Crippen LogP) is 5.14. The molecule has 3 rings (SSSR count). The molecule has 0 aromatic heterocycles. The van der Waals surface area contributed by atoms with Gasteiger partial charge in [-0.1, -0.05) is 48.4 Å². The minimum Gasteiger partial charge on any atom is -0.495 e. The first-order valence-electron chi connectivity index (χ1n) is 11.6. The standard InChI is InChI=1S/C27H31ClN2O6S/c1-6-22(19-9-7-18(2)8-10-19)29-27(31)17-30(23-15-20(28)11-13-24(23)34-3)37(32,33)21-12-14-25(35-4)26(16-21)36-5/h7-16,22H,6,17H2,1-5H3,(H,29,31)/t22-/m0/s1. The summed E-state index contributed by atoms with van der Waals surface area (Å²) in [6, 6.07) is 16.3. The van der Waals surface area contributed by atoms with Crippen molar-refractivity contribution in [3.63, 3.8) is 0 Å². The van der Waals surface area contributed by atoms with Gasteiger partial charge in [0.15, 0.2) is 11.5 Å². The summed E-state index contributed by atoms with van der Waals surface area (Å²) in [7, 11) is 0.0128. The summed E-state index contributed by atoms with van der Waals surface area (Å²) in [5.41, 5.74) is 2.16. The monoisotopic (exact) mass is 546 g/mol. The molecule has 8 nitrogen and oxygen atoms in total. The number of aryl methyl sites for hydroxylation is 1. The lowest BCUT2D eigenvalue weighted by atomic mass is 10.0. The summed E-state index contributed by atoms with van der Waals surface area (Å²) in [6.45, 7) is 3.43. The average molecular weight is 547 g/mol. The summed E-state index contributed by atoms with van der Waals surface area (Å²) < 4.78 is 44.8. The Morgan fingerprint density at radius 2 is 1.54 bits per heavy atom. The topological polar surface area (TPSA) is 94.2 Å². The number of ether oxygens (including phenoxy) is 3. The van der Waals surface area contributed by atoms with Gasteiger partial charge in [-0.15, -0.1) is 0 Å². The SMILES string of the molecule is CC[C@H](NC(=O)CN(c1cc(Cl)ccc1OC)S(=O)(=O)c1ccc(OC)c(OC)c1)c1ccc(C)cc1.